The monoisotopic (exact) mass is 433 g/mol. The van der Waals surface area contributed by atoms with Crippen LogP contribution >= 0.6 is 23.4 Å². The molecule has 5 fully saturated rings. The first kappa shape index (κ1) is 19.7. The molecule has 5 aliphatic rings. The fourth-order valence-corrected chi connectivity index (χ4v) is 7.83. The zero-order valence-electron chi connectivity index (χ0n) is 16.5. The molecule has 3 unspecified atom stereocenters. The highest BCUT2D eigenvalue weighted by atomic mass is 35.5. The summed E-state index contributed by atoms with van der Waals surface area (Å²) in [4.78, 5) is 27.6. The van der Waals surface area contributed by atoms with Gasteiger partial charge >= 0.3 is 0 Å². The molecule has 1 saturated heterocycles. The summed E-state index contributed by atoms with van der Waals surface area (Å²) in [6.07, 6.45) is 4.92. The van der Waals surface area contributed by atoms with Crippen molar-refractivity contribution >= 4 is 35.2 Å². The predicted molar refractivity (Wildman–Crippen MR) is 115 cm³/mol. The number of thioether (sulfide) groups is 1. The summed E-state index contributed by atoms with van der Waals surface area (Å²) in [5.74, 6) is 2.38. The second-order valence-corrected chi connectivity index (χ2v) is 11.1. The molecule has 1 heterocycles. The normalized spacial score (nSPS) is 38.3. The van der Waals surface area contributed by atoms with Crippen LogP contribution in [0.1, 0.15) is 37.7 Å². The third kappa shape index (κ3) is 3.57. The Hall–Kier alpha value is -1.24. The predicted octanol–water partition coefficient (Wildman–Crippen LogP) is 3.01. The number of primary amides is 1. The highest BCUT2D eigenvalue weighted by Gasteiger charge is 2.58. The van der Waals surface area contributed by atoms with Gasteiger partial charge in [0.15, 0.2) is 0 Å². The number of halogens is 1. The maximum Gasteiger partial charge on any atom is 0.247 e. The molecule has 4 aliphatic carbocycles. The van der Waals surface area contributed by atoms with Gasteiger partial charge in [0.05, 0.1) is 0 Å². The van der Waals surface area contributed by atoms with E-state index in [0.717, 1.165) is 56.0 Å². The average molecular weight is 434 g/mol. The van der Waals surface area contributed by atoms with Gasteiger partial charge in [-0.3, -0.25) is 14.5 Å². The van der Waals surface area contributed by atoms with Crippen LogP contribution in [-0.4, -0.2) is 40.4 Å². The van der Waals surface area contributed by atoms with Crippen LogP contribution in [0.15, 0.2) is 24.3 Å². The lowest BCUT2D eigenvalue weighted by molar-refractivity contribution is -0.147. The number of amides is 2. The zero-order chi connectivity index (χ0) is 20.2. The Morgan fingerprint density at radius 3 is 2.52 bits per heavy atom. The number of hydrogen-bond donors (Lipinski definition) is 2. The summed E-state index contributed by atoms with van der Waals surface area (Å²) in [6, 6.07) is 8.06. The molecule has 0 radical (unpaired) electrons. The minimum absolute atomic E-state index is 0.123. The Morgan fingerprint density at radius 1 is 1.17 bits per heavy atom. The van der Waals surface area contributed by atoms with Crippen LogP contribution in [0.3, 0.4) is 0 Å². The first-order chi connectivity index (χ1) is 13.9. The van der Waals surface area contributed by atoms with Crippen molar-refractivity contribution in [3.8, 4) is 0 Å². The van der Waals surface area contributed by atoms with Crippen LogP contribution in [0, 0.1) is 23.2 Å². The molecule has 4 bridgehead atoms. The highest BCUT2D eigenvalue weighted by Crippen LogP contribution is 2.60. The quantitative estimate of drug-likeness (QED) is 0.748. The molecule has 4 saturated carbocycles. The Kier molecular flexibility index (Phi) is 5.08. The molecule has 156 valence electrons. The number of carbonyl (C=O) groups excluding carboxylic acids is 2. The lowest BCUT2D eigenvalue weighted by Crippen LogP contribution is -2.63. The largest absolute Gasteiger partial charge is 0.369 e. The van der Waals surface area contributed by atoms with Crippen LogP contribution in [0.2, 0.25) is 5.02 Å². The Balaban J connectivity index is 1.26. The first-order valence-corrected chi connectivity index (χ1v) is 12.1. The van der Waals surface area contributed by atoms with E-state index in [1.54, 1.807) is 11.8 Å². The van der Waals surface area contributed by atoms with Crippen LogP contribution in [0.4, 0.5) is 0 Å². The molecule has 7 heteroatoms. The summed E-state index contributed by atoms with van der Waals surface area (Å²) in [5, 5.41) is 4.00. The molecule has 6 rings (SSSR count). The molecule has 1 aromatic rings. The Labute approximate surface area is 181 Å². The fraction of sp³-hybridized carbons (Fsp3) is 0.636. The number of benzene rings is 1. The van der Waals surface area contributed by atoms with Crippen LogP contribution in [0.25, 0.3) is 0 Å². The van der Waals surface area contributed by atoms with Crippen molar-refractivity contribution in [3.05, 3.63) is 34.9 Å². The smallest absolute Gasteiger partial charge is 0.247 e. The van der Waals surface area contributed by atoms with Gasteiger partial charge < -0.3 is 11.1 Å². The number of rotatable bonds is 5. The van der Waals surface area contributed by atoms with Gasteiger partial charge in [0.25, 0.3) is 0 Å². The molecule has 0 spiro atoms. The second-order valence-electron chi connectivity index (χ2n) is 9.47. The molecule has 3 atom stereocenters. The summed E-state index contributed by atoms with van der Waals surface area (Å²) in [6.45, 7) is 1.67. The van der Waals surface area contributed by atoms with Gasteiger partial charge in [0.2, 0.25) is 11.8 Å². The standard InChI is InChI=1S/C22H28ClN3O2S/c23-17-3-1-13(2-4-17)12-26-5-6-29-20(26)19(27)25-18-15-7-14-8-16(18)11-22(9-14,10-15)21(24)28/h1-4,14-16,18,20H,5-12H2,(H2,24,28)(H,25,27). The maximum absolute atomic E-state index is 13.2. The van der Waals surface area contributed by atoms with Crippen LogP contribution in [0.5, 0.6) is 0 Å². The van der Waals surface area contributed by atoms with Gasteiger partial charge in [-0.05, 0) is 67.6 Å². The van der Waals surface area contributed by atoms with Gasteiger partial charge in [-0.15, -0.1) is 11.8 Å². The van der Waals surface area contributed by atoms with Crippen molar-refractivity contribution in [2.24, 2.45) is 28.9 Å². The van der Waals surface area contributed by atoms with E-state index < -0.39 is 0 Å². The van der Waals surface area contributed by atoms with Crippen molar-refractivity contribution in [1.82, 2.24) is 10.2 Å². The molecule has 2 amide bonds. The van der Waals surface area contributed by atoms with Gasteiger partial charge in [-0.1, -0.05) is 23.7 Å². The van der Waals surface area contributed by atoms with E-state index in [4.69, 9.17) is 17.3 Å². The number of hydrogen-bond acceptors (Lipinski definition) is 4. The molecular weight excluding hydrogens is 406 g/mol. The van der Waals surface area contributed by atoms with E-state index in [9.17, 15) is 9.59 Å². The van der Waals surface area contributed by atoms with E-state index in [0.29, 0.717) is 17.8 Å². The van der Waals surface area contributed by atoms with Crippen molar-refractivity contribution < 1.29 is 9.59 Å². The Bertz CT molecular complexity index is 801. The molecular formula is C22H28ClN3O2S. The van der Waals surface area contributed by atoms with Crippen molar-refractivity contribution in [2.75, 3.05) is 12.3 Å². The molecule has 3 N–H and O–H groups in total. The molecule has 1 aromatic carbocycles. The number of nitrogens with zero attached hydrogens (tertiary/aromatic N) is 1. The van der Waals surface area contributed by atoms with Crippen molar-refractivity contribution in [3.63, 3.8) is 0 Å². The maximum atomic E-state index is 13.2. The lowest BCUT2D eigenvalue weighted by Gasteiger charge is -2.58. The van der Waals surface area contributed by atoms with E-state index in [1.807, 2.05) is 24.3 Å². The lowest BCUT2D eigenvalue weighted by atomic mass is 9.47. The number of nitrogens with two attached hydrogens (primary N) is 1. The highest BCUT2D eigenvalue weighted by molar-refractivity contribution is 8.00. The minimum Gasteiger partial charge on any atom is -0.369 e. The minimum atomic E-state index is -0.305. The van der Waals surface area contributed by atoms with Crippen LogP contribution in [-0.2, 0) is 16.1 Å². The topological polar surface area (TPSA) is 75.4 Å². The van der Waals surface area contributed by atoms with Gasteiger partial charge in [-0.25, -0.2) is 0 Å². The van der Waals surface area contributed by atoms with E-state index >= 15 is 0 Å². The van der Waals surface area contributed by atoms with Gasteiger partial charge in [0.1, 0.15) is 5.37 Å². The average Bonchev–Trinajstić information content (AvgIpc) is 3.14. The van der Waals surface area contributed by atoms with E-state index in [2.05, 4.69) is 10.2 Å². The number of nitrogens with one attached hydrogen (secondary N) is 1. The summed E-state index contributed by atoms with van der Waals surface area (Å²) >= 11 is 7.72. The van der Waals surface area contributed by atoms with Crippen LogP contribution < -0.4 is 11.1 Å². The second kappa shape index (κ2) is 7.47. The zero-order valence-corrected chi connectivity index (χ0v) is 18.1. The third-order valence-electron chi connectivity index (χ3n) is 7.61. The summed E-state index contributed by atoms with van der Waals surface area (Å²) in [7, 11) is 0. The van der Waals surface area contributed by atoms with E-state index in [1.165, 1.54) is 5.56 Å². The summed E-state index contributed by atoms with van der Waals surface area (Å²) in [5.41, 5.74) is 6.66. The van der Waals surface area contributed by atoms with Crippen molar-refractivity contribution in [1.29, 1.82) is 0 Å². The molecule has 5 nitrogen and oxygen atoms in total. The van der Waals surface area contributed by atoms with E-state index in [-0.39, 0.29) is 28.6 Å². The number of carbonyl (C=O) groups is 2. The first-order valence-electron chi connectivity index (χ1n) is 10.6. The molecule has 29 heavy (non-hydrogen) atoms. The Morgan fingerprint density at radius 2 is 1.86 bits per heavy atom. The van der Waals surface area contributed by atoms with Gasteiger partial charge in [-0.2, -0.15) is 0 Å². The summed E-state index contributed by atoms with van der Waals surface area (Å²) < 4.78 is 0. The SMILES string of the molecule is NC(=O)C12CC3CC(C1)C(NC(=O)C1SCCN1Cc1ccc(Cl)cc1)C(C3)C2. The fourth-order valence-electron chi connectivity index (χ4n) is 6.53. The molecule has 1 aliphatic heterocycles. The van der Waals surface area contributed by atoms with Gasteiger partial charge in [0, 0.05) is 35.3 Å². The molecule has 0 aromatic heterocycles. The van der Waals surface area contributed by atoms with Crippen molar-refractivity contribution in [2.45, 2.75) is 50.1 Å². The third-order valence-corrected chi connectivity index (χ3v) is 9.11.